The lowest BCUT2D eigenvalue weighted by Crippen LogP contribution is -2.48. The van der Waals surface area contributed by atoms with Crippen molar-refractivity contribution in [3.05, 3.63) is 0 Å². The zero-order valence-electron chi connectivity index (χ0n) is 14.1. The third-order valence-corrected chi connectivity index (χ3v) is 5.62. The van der Waals surface area contributed by atoms with Gasteiger partial charge in [-0.2, -0.15) is 0 Å². The molecule has 2 heteroatoms. The summed E-state index contributed by atoms with van der Waals surface area (Å²) in [5.41, 5.74) is 0.560. The summed E-state index contributed by atoms with van der Waals surface area (Å²) in [6.45, 7) is 12.3. The second kappa shape index (κ2) is 7.79. The predicted octanol–water partition coefficient (Wildman–Crippen LogP) is 4.06. The minimum Gasteiger partial charge on any atom is -0.316 e. The van der Waals surface area contributed by atoms with E-state index >= 15 is 0 Å². The first kappa shape index (κ1) is 16.3. The maximum absolute atomic E-state index is 3.75. The Morgan fingerprint density at radius 1 is 1.20 bits per heavy atom. The molecule has 2 aliphatic rings. The van der Waals surface area contributed by atoms with E-state index < -0.39 is 0 Å². The zero-order chi connectivity index (χ0) is 14.4. The SMILES string of the molecule is CCCNCC1(CN2CCCC2CC)CCCC(C)C1. The lowest BCUT2D eigenvalue weighted by atomic mass is 9.69. The Morgan fingerprint density at radius 2 is 2.05 bits per heavy atom. The van der Waals surface area contributed by atoms with Gasteiger partial charge < -0.3 is 5.32 Å². The monoisotopic (exact) mass is 280 g/mol. The van der Waals surface area contributed by atoms with Crippen molar-refractivity contribution in [3.63, 3.8) is 0 Å². The standard InChI is InChI=1S/C18H36N2/c1-4-11-19-14-18(10-6-8-16(3)13-18)15-20-12-7-9-17(20)5-2/h16-17,19H,4-15H2,1-3H3. The lowest BCUT2D eigenvalue weighted by Gasteiger charge is -2.44. The van der Waals surface area contributed by atoms with Crippen molar-refractivity contribution < 1.29 is 0 Å². The van der Waals surface area contributed by atoms with Gasteiger partial charge in [0.25, 0.3) is 0 Å². The van der Waals surface area contributed by atoms with Crippen LogP contribution in [0.1, 0.15) is 72.1 Å². The smallest absolute Gasteiger partial charge is 0.00933 e. The van der Waals surface area contributed by atoms with Crippen molar-refractivity contribution in [1.29, 1.82) is 0 Å². The fourth-order valence-electron chi connectivity index (χ4n) is 4.66. The van der Waals surface area contributed by atoms with Gasteiger partial charge in [-0.05, 0) is 62.9 Å². The highest BCUT2D eigenvalue weighted by Crippen LogP contribution is 2.41. The molecule has 1 saturated carbocycles. The lowest BCUT2D eigenvalue weighted by molar-refractivity contribution is 0.0731. The fourth-order valence-corrected chi connectivity index (χ4v) is 4.66. The van der Waals surface area contributed by atoms with Crippen LogP contribution in [-0.4, -0.2) is 37.1 Å². The van der Waals surface area contributed by atoms with Crippen LogP contribution in [0.5, 0.6) is 0 Å². The summed E-state index contributed by atoms with van der Waals surface area (Å²) in [6, 6.07) is 0.871. The van der Waals surface area contributed by atoms with Crippen LogP contribution in [0.25, 0.3) is 0 Å². The van der Waals surface area contributed by atoms with Gasteiger partial charge in [-0.15, -0.1) is 0 Å². The Labute approximate surface area is 126 Å². The third-order valence-electron chi connectivity index (χ3n) is 5.62. The number of rotatable bonds is 7. The Kier molecular flexibility index (Phi) is 6.35. The van der Waals surface area contributed by atoms with E-state index in [4.69, 9.17) is 0 Å². The molecule has 0 radical (unpaired) electrons. The first-order chi connectivity index (χ1) is 9.69. The summed E-state index contributed by atoms with van der Waals surface area (Å²) in [6.07, 6.45) is 11.2. The number of likely N-dealkylation sites (tertiary alicyclic amines) is 1. The van der Waals surface area contributed by atoms with E-state index in [2.05, 4.69) is 31.0 Å². The molecule has 0 bridgehead atoms. The number of hydrogen-bond donors (Lipinski definition) is 1. The van der Waals surface area contributed by atoms with Crippen LogP contribution < -0.4 is 5.32 Å². The van der Waals surface area contributed by atoms with Crippen molar-refractivity contribution in [2.75, 3.05) is 26.2 Å². The molecule has 2 nitrogen and oxygen atoms in total. The van der Waals surface area contributed by atoms with E-state index in [0.29, 0.717) is 5.41 Å². The summed E-state index contributed by atoms with van der Waals surface area (Å²) in [4.78, 5) is 2.83. The molecular weight excluding hydrogens is 244 g/mol. The van der Waals surface area contributed by atoms with Gasteiger partial charge in [0.15, 0.2) is 0 Å². The highest BCUT2D eigenvalue weighted by molar-refractivity contribution is 4.92. The summed E-state index contributed by atoms with van der Waals surface area (Å²) >= 11 is 0. The molecule has 1 saturated heterocycles. The molecule has 1 heterocycles. The van der Waals surface area contributed by atoms with E-state index in [1.54, 1.807) is 0 Å². The molecular formula is C18H36N2. The molecule has 3 unspecified atom stereocenters. The van der Waals surface area contributed by atoms with E-state index in [0.717, 1.165) is 12.0 Å². The van der Waals surface area contributed by atoms with E-state index in [1.807, 2.05) is 0 Å². The normalized spacial score (nSPS) is 35.5. The van der Waals surface area contributed by atoms with E-state index in [1.165, 1.54) is 77.5 Å². The van der Waals surface area contributed by atoms with Gasteiger partial charge in [-0.25, -0.2) is 0 Å². The van der Waals surface area contributed by atoms with Gasteiger partial charge in [0.2, 0.25) is 0 Å². The second-order valence-electron chi connectivity index (χ2n) is 7.55. The Hall–Kier alpha value is -0.0800. The van der Waals surface area contributed by atoms with Crippen LogP contribution in [0.2, 0.25) is 0 Å². The van der Waals surface area contributed by atoms with Crippen LogP contribution in [0, 0.1) is 11.3 Å². The van der Waals surface area contributed by atoms with Crippen LogP contribution in [0.3, 0.4) is 0 Å². The van der Waals surface area contributed by atoms with Gasteiger partial charge in [-0.3, -0.25) is 4.90 Å². The molecule has 3 atom stereocenters. The Morgan fingerprint density at radius 3 is 2.75 bits per heavy atom. The van der Waals surface area contributed by atoms with Crippen LogP contribution in [-0.2, 0) is 0 Å². The van der Waals surface area contributed by atoms with Crippen molar-refractivity contribution in [1.82, 2.24) is 10.2 Å². The van der Waals surface area contributed by atoms with Crippen molar-refractivity contribution in [2.45, 2.75) is 78.2 Å². The van der Waals surface area contributed by atoms with E-state index in [9.17, 15) is 0 Å². The highest BCUT2D eigenvalue weighted by Gasteiger charge is 2.38. The van der Waals surface area contributed by atoms with Gasteiger partial charge in [0.05, 0.1) is 0 Å². The molecule has 0 spiro atoms. The third kappa shape index (κ3) is 4.21. The van der Waals surface area contributed by atoms with Crippen molar-refractivity contribution >= 4 is 0 Å². The summed E-state index contributed by atoms with van der Waals surface area (Å²) in [7, 11) is 0. The average Bonchev–Trinajstić information content (AvgIpc) is 2.86. The average molecular weight is 280 g/mol. The fraction of sp³-hybridized carbons (Fsp3) is 1.00. The Balaban J connectivity index is 1.97. The molecule has 2 fully saturated rings. The summed E-state index contributed by atoms with van der Waals surface area (Å²) in [5, 5.41) is 3.75. The quantitative estimate of drug-likeness (QED) is 0.708. The zero-order valence-corrected chi connectivity index (χ0v) is 14.1. The maximum Gasteiger partial charge on any atom is 0.00933 e. The number of nitrogens with zero attached hydrogens (tertiary/aromatic N) is 1. The minimum absolute atomic E-state index is 0.560. The second-order valence-corrected chi connectivity index (χ2v) is 7.55. The summed E-state index contributed by atoms with van der Waals surface area (Å²) < 4.78 is 0. The molecule has 2 rings (SSSR count). The predicted molar refractivity (Wildman–Crippen MR) is 88.1 cm³/mol. The molecule has 0 aromatic carbocycles. The topological polar surface area (TPSA) is 15.3 Å². The molecule has 0 aromatic rings. The first-order valence-electron chi connectivity index (χ1n) is 9.14. The molecule has 20 heavy (non-hydrogen) atoms. The summed E-state index contributed by atoms with van der Waals surface area (Å²) in [5.74, 6) is 0.926. The van der Waals surface area contributed by atoms with Gasteiger partial charge in [0, 0.05) is 19.1 Å². The minimum atomic E-state index is 0.560. The Bertz CT molecular complexity index is 279. The molecule has 118 valence electrons. The molecule has 1 aliphatic heterocycles. The number of nitrogens with one attached hydrogen (secondary N) is 1. The van der Waals surface area contributed by atoms with Crippen molar-refractivity contribution in [3.8, 4) is 0 Å². The van der Waals surface area contributed by atoms with Crippen molar-refractivity contribution in [2.24, 2.45) is 11.3 Å². The molecule has 1 aliphatic carbocycles. The van der Waals surface area contributed by atoms with Crippen LogP contribution in [0.15, 0.2) is 0 Å². The van der Waals surface area contributed by atoms with Gasteiger partial charge >= 0.3 is 0 Å². The van der Waals surface area contributed by atoms with Gasteiger partial charge in [-0.1, -0.05) is 33.6 Å². The molecule has 0 aromatic heterocycles. The highest BCUT2D eigenvalue weighted by atomic mass is 15.2. The van der Waals surface area contributed by atoms with Crippen LogP contribution in [0.4, 0.5) is 0 Å². The largest absolute Gasteiger partial charge is 0.316 e. The maximum atomic E-state index is 3.75. The van der Waals surface area contributed by atoms with Gasteiger partial charge in [0.1, 0.15) is 0 Å². The number of hydrogen-bond acceptors (Lipinski definition) is 2. The van der Waals surface area contributed by atoms with Crippen LogP contribution >= 0.6 is 0 Å². The molecule has 0 amide bonds. The first-order valence-corrected chi connectivity index (χ1v) is 9.14. The van der Waals surface area contributed by atoms with E-state index in [-0.39, 0.29) is 0 Å². The molecule has 1 N–H and O–H groups in total.